The molecule has 34 heavy (non-hydrogen) atoms. The lowest BCUT2D eigenvalue weighted by molar-refractivity contribution is -0.138. The molecule has 2 aliphatic heterocycles. The van der Waals surface area contributed by atoms with E-state index < -0.39 is 11.7 Å². The monoisotopic (exact) mass is 482 g/mol. The van der Waals surface area contributed by atoms with Crippen LogP contribution in [0.2, 0.25) is 0 Å². The van der Waals surface area contributed by atoms with Crippen molar-refractivity contribution in [2.75, 3.05) is 37.7 Å². The van der Waals surface area contributed by atoms with E-state index in [2.05, 4.69) is 20.2 Å². The fourth-order valence-corrected chi connectivity index (χ4v) is 3.93. The molecule has 2 atom stereocenters. The molecule has 0 unspecified atom stereocenters. The van der Waals surface area contributed by atoms with Gasteiger partial charge in [-0.15, -0.1) is 0 Å². The largest absolute Gasteiger partial charge is 0.489 e. The summed E-state index contributed by atoms with van der Waals surface area (Å²) < 4.78 is 49.6. The number of piperazine rings is 1. The zero-order chi connectivity index (χ0) is 24.3. The van der Waals surface area contributed by atoms with E-state index in [1.807, 2.05) is 0 Å². The Labute approximate surface area is 193 Å². The van der Waals surface area contributed by atoms with Crippen LogP contribution in [-0.4, -0.2) is 76.0 Å². The van der Waals surface area contributed by atoms with Gasteiger partial charge >= 0.3 is 6.18 Å². The van der Waals surface area contributed by atoms with Gasteiger partial charge in [-0.05, 0) is 19.8 Å². The van der Waals surface area contributed by atoms with Crippen molar-refractivity contribution in [3.05, 3.63) is 40.1 Å². The molecule has 2 fully saturated rings. The average Bonchev–Trinajstić information content (AvgIpc) is 3.27. The summed E-state index contributed by atoms with van der Waals surface area (Å²) in [6.07, 6.45) is -0.162. The third-order valence-electron chi connectivity index (χ3n) is 5.96. The van der Waals surface area contributed by atoms with Crippen LogP contribution in [0.25, 0.3) is 0 Å². The number of ether oxygens (including phenoxy) is 2. The van der Waals surface area contributed by atoms with E-state index in [0.717, 1.165) is 25.2 Å². The van der Waals surface area contributed by atoms with Gasteiger partial charge < -0.3 is 19.3 Å². The minimum absolute atomic E-state index is 0.0332. The molecule has 0 radical (unpaired) electrons. The van der Waals surface area contributed by atoms with Crippen molar-refractivity contribution in [3.63, 3.8) is 0 Å². The number of nitrogens with zero attached hydrogens (tertiary/aromatic N) is 5. The number of hydrogen-bond acceptors (Lipinski definition) is 8. The average molecular weight is 482 g/mol. The topological polar surface area (TPSA) is 114 Å². The lowest BCUT2D eigenvalue weighted by atomic mass is 10.1. The molecule has 1 N–H and O–H groups in total. The second-order valence-corrected chi connectivity index (χ2v) is 8.30. The molecular weight excluding hydrogens is 457 g/mol. The molecule has 2 aromatic heterocycles. The molecule has 1 amide bonds. The van der Waals surface area contributed by atoms with Gasteiger partial charge in [-0.25, -0.2) is 15.1 Å². The molecule has 10 nitrogen and oxygen atoms in total. The zero-order valence-electron chi connectivity index (χ0n) is 18.5. The number of aromatic amines is 1. The molecular formula is C21H25F3N6O4. The van der Waals surface area contributed by atoms with E-state index in [1.54, 1.807) is 16.7 Å². The number of carbonyl (C=O) groups excluding carboxylic acids is 1. The van der Waals surface area contributed by atoms with Crippen molar-refractivity contribution in [2.24, 2.45) is 0 Å². The SMILES string of the molecule is Cc1c(OC[C@@H]2CC[C@@H](CC(=O)N3CCN(c4ncc(C(F)(F)F)cn4)CC3)O2)cn[nH]c1=O. The Bertz CT molecular complexity index is 1050. The lowest BCUT2D eigenvalue weighted by Crippen LogP contribution is -2.49. The van der Waals surface area contributed by atoms with Gasteiger partial charge in [0.25, 0.3) is 5.56 Å². The first-order valence-corrected chi connectivity index (χ1v) is 10.9. The Kier molecular flexibility index (Phi) is 7.00. The van der Waals surface area contributed by atoms with Gasteiger partial charge in [-0.3, -0.25) is 9.59 Å². The summed E-state index contributed by atoms with van der Waals surface area (Å²) in [6, 6.07) is 0. The summed E-state index contributed by atoms with van der Waals surface area (Å²) in [5.41, 5.74) is -0.756. The van der Waals surface area contributed by atoms with Crippen molar-refractivity contribution in [3.8, 4) is 5.75 Å². The van der Waals surface area contributed by atoms with Gasteiger partial charge in [0.1, 0.15) is 12.4 Å². The Morgan fingerprint density at radius 2 is 1.82 bits per heavy atom. The van der Waals surface area contributed by atoms with E-state index >= 15 is 0 Å². The minimum Gasteiger partial charge on any atom is -0.489 e. The molecule has 2 aliphatic rings. The number of alkyl halides is 3. The highest BCUT2D eigenvalue weighted by Crippen LogP contribution is 2.28. The number of amides is 1. The fraction of sp³-hybridized carbons (Fsp3) is 0.571. The molecule has 0 aliphatic carbocycles. The van der Waals surface area contributed by atoms with Crippen LogP contribution in [0.1, 0.15) is 30.4 Å². The number of hydrogen-bond donors (Lipinski definition) is 1. The number of carbonyl (C=O) groups is 1. The van der Waals surface area contributed by atoms with Gasteiger partial charge in [0.15, 0.2) is 0 Å². The summed E-state index contributed by atoms with van der Waals surface area (Å²) in [7, 11) is 0. The maximum Gasteiger partial charge on any atom is 0.419 e. The molecule has 0 spiro atoms. The molecule has 184 valence electrons. The standard InChI is InChI=1S/C21H25F3N6O4/c1-13-17(11-27-28-19(13)32)33-12-16-3-2-15(34-16)8-18(31)29-4-6-30(7-5-29)20-25-9-14(10-26-20)21(22,23)24/h9-11,15-16H,2-8,12H2,1H3,(H,28,32)/t15-,16-/m0/s1. The van der Waals surface area contributed by atoms with Gasteiger partial charge in [-0.1, -0.05) is 0 Å². The van der Waals surface area contributed by atoms with E-state index in [4.69, 9.17) is 9.47 Å². The Morgan fingerprint density at radius 3 is 2.50 bits per heavy atom. The summed E-state index contributed by atoms with van der Waals surface area (Å²) in [6.45, 7) is 3.64. The molecule has 4 rings (SSSR count). The van der Waals surface area contributed by atoms with Crippen LogP contribution < -0.4 is 15.2 Å². The maximum atomic E-state index is 12.7. The van der Waals surface area contributed by atoms with Gasteiger partial charge in [0, 0.05) is 38.6 Å². The van der Waals surface area contributed by atoms with Crippen LogP contribution in [0, 0.1) is 6.92 Å². The Morgan fingerprint density at radius 1 is 1.15 bits per heavy atom. The number of halogens is 3. The molecule has 13 heteroatoms. The number of aromatic nitrogens is 4. The van der Waals surface area contributed by atoms with Crippen LogP contribution in [0.5, 0.6) is 5.75 Å². The van der Waals surface area contributed by atoms with Crippen molar-refractivity contribution in [2.45, 2.75) is 44.6 Å². The Balaban J connectivity index is 1.21. The first-order chi connectivity index (χ1) is 16.2. The second-order valence-electron chi connectivity index (χ2n) is 8.30. The first-order valence-electron chi connectivity index (χ1n) is 10.9. The zero-order valence-corrected chi connectivity index (χ0v) is 18.5. The first kappa shape index (κ1) is 23.9. The van der Waals surface area contributed by atoms with E-state index in [-0.39, 0.29) is 42.7 Å². The van der Waals surface area contributed by atoms with Crippen LogP contribution in [0.3, 0.4) is 0 Å². The van der Waals surface area contributed by atoms with E-state index in [1.165, 1.54) is 6.20 Å². The molecule has 0 saturated carbocycles. The number of H-pyrrole nitrogens is 1. The predicted octanol–water partition coefficient (Wildman–Crippen LogP) is 1.55. The fourth-order valence-electron chi connectivity index (χ4n) is 3.93. The quantitative estimate of drug-likeness (QED) is 0.660. The summed E-state index contributed by atoms with van der Waals surface area (Å²) >= 11 is 0. The molecule has 2 aromatic rings. The highest BCUT2D eigenvalue weighted by Gasteiger charge is 2.33. The van der Waals surface area contributed by atoms with Crippen LogP contribution in [0.15, 0.2) is 23.4 Å². The lowest BCUT2D eigenvalue weighted by Gasteiger charge is -2.35. The maximum absolute atomic E-state index is 12.7. The van der Waals surface area contributed by atoms with Crippen LogP contribution in [0.4, 0.5) is 19.1 Å². The Hall–Kier alpha value is -3.22. The summed E-state index contributed by atoms with van der Waals surface area (Å²) in [5, 5.41) is 6.06. The highest BCUT2D eigenvalue weighted by molar-refractivity contribution is 5.77. The third-order valence-corrected chi connectivity index (χ3v) is 5.96. The summed E-state index contributed by atoms with van der Waals surface area (Å²) in [4.78, 5) is 35.4. The number of anilines is 1. The third kappa shape index (κ3) is 5.64. The second kappa shape index (κ2) is 9.95. The molecule has 4 heterocycles. The molecule has 0 bridgehead atoms. The highest BCUT2D eigenvalue weighted by atomic mass is 19.4. The summed E-state index contributed by atoms with van der Waals surface area (Å²) in [5.74, 6) is 0.587. The number of rotatable bonds is 6. The van der Waals surface area contributed by atoms with Crippen molar-refractivity contribution in [1.29, 1.82) is 0 Å². The minimum atomic E-state index is -4.48. The normalized spacial score (nSPS) is 21.1. The van der Waals surface area contributed by atoms with Crippen LogP contribution in [-0.2, 0) is 15.7 Å². The van der Waals surface area contributed by atoms with Gasteiger partial charge in [0.05, 0.1) is 36.0 Å². The molecule has 2 saturated heterocycles. The molecule has 0 aromatic carbocycles. The van der Waals surface area contributed by atoms with Crippen molar-refractivity contribution < 1.29 is 27.4 Å². The van der Waals surface area contributed by atoms with Crippen molar-refractivity contribution >= 4 is 11.9 Å². The van der Waals surface area contributed by atoms with Crippen LogP contribution >= 0.6 is 0 Å². The smallest absolute Gasteiger partial charge is 0.419 e. The van der Waals surface area contributed by atoms with Gasteiger partial charge in [0.2, 0.25) is 11.9 Å². The van der Waals surface area contributed by atoms with E-state index in [9.17, 15) is 22.8 Å². The van der Waals surface area contributed by atoms with Gasteiger partial charge in [-0.2, -0.15) is 18.3 Å². The predicted molar refractivity (Wildman–Crippen MR) is 113 cm³/mol. The number of nitrogens with one attached hydrogen (secondary N) is 1. The van der Waals surface area contributed by atoms with E-state index in [0.29, 0.717) is 37.5 Å². The van der Waals surface area contributed by atoms with Crippen molar-refractivity contribution in [1.82, 2.24) is 25.1 Å².